The van der Waals surface area contributed by atoms with Crippen LogP contribution >= 0.6 is 9.24 Å². The zero-order valence-electron chi connectivity index (χ0n) is 5.06. The molecule has 1 fully saturated rings. The van der Waals surface area contributed by atoms with Gasteiger partial charge in [-0.1, -0.05) is 19.3 Å². The molecule has 1 saturated carbocycles. The normalized spacial score (nSPS) is 27.8. The lowest BCUT2D eigenvalue weighted by Gasteiger charge is -2.26. The number of hydrogen-bond donors (Lipinski definition) is 1. The van der Waals surface area contributed by atoms with Crippen molar-refractivity contribution < 1.29 is 5.11 Å². The third-order valence-corrected chi connectivity index (χ3v) is 2.30. The highest BCUT2D eigenvalue weighted by Crippen LogP contribution is 2.32. The molecule has 0 radical (unpaired) electrons. The Labute approximate surface area is 52.7 Å². The van der Waals surface area contributed by atoms with Gasteiger partial charge >= 0.3 is 0 Å². The van der Waals surface area contributed by atoms with Gasteiger partial charge in [0.1, 0.15) is 0 Å². The van der Waals surface area contributed by atoms with Gasteiger partial charge in [0.15, 0.2) is 0 Å². The van der Waals surface area contributed by atoms with Crippen molar-refractivity contribution in [1.29, 1.82) is 0 Å². The summed E-state index contributed by atoms with van der Waals surface area (Å²) in [5.41, 5.74) is 0. The van der Waals surface area contributed by atoms with Gasteiger partial charge in [-0.3, -0.25) is 0 Å². The van der Waals surface area contributed by atoms with E-state index in [1.54, 1.807) is 0 Å². The zero-order chi connectivity index (χ0) is 6.04. The molecule has 0 aromatic heterocycles. The van der Waals surface area contributed by atoms with E-state index < -0.39 is 5.34 Å². The number of rotatable bonds is 0. The second kappa shape index (κ2) is 2.33. The Morgan fingerprint density at radius 2 is 1.62 bits per heavy atom. The summed E-state index contributed by atoms with van der Waals surface area (Å²) in [4.78, 5) is 0. The average Bonchev–Trinajstić information content (AvgIpc) is 1.65. The van der Waals surface area contributed by atoms with E-state index in [4.69, 9.17) is 0 Å². The summed E-state index contributed by atoms with van der Waals surface area (Å²) in [7, 11) is 2.52. The molecule has 0 bridgehead atoms. The van der Waals surface area contributed by atoms with Gasteiger partial charge in [-0.05, 0) is 12.8 Å². The maximum absolute atomic E-state index is 9.34. The SMILES string of the molecule is OC1(P)CCCCC1. The minimum absolute atomic E-state index is 0.405. The standard InChI is InChI=1S/C6H13OP/c7-6(8)4-2-1-3-5-6/h7H,1-5,8H2. The fraction of sp³-hybridized carbons (Fsp3) is 1.00. The van der Waals surface area contributed by atoms with Gasteiger partial charge in [0, 0.05) is 0 Å². The largest absolute Gasteiger partial charge is 0.386 e. The molecule has 0 aromatic rings. The summed E-state index contributed by atoms with van der Waals surface area (Å²) in [6.07, 6.45) is 5.63. The molecule has 1 aliphatic rings. The van der Waals surface area contributed by atoms with Gasteiger partial charge in [-0.25, -0.2) is 0 Å². The fourth-order valence-electron chi connectivity index (χ4n) is 1.16. The molecule has 0 saturated heterocycles. The molecular weight excluding hydrogens is 119 g/mol. The number of hydrogen-bond acceptors (Lipinski definition) is 1. The first-order valence-corrected chi connectivity index (χ1v) is 3.80. The highest BCUT2D eigenvalue weighted by atomic mass is 31.0. The van der Waals surface area contributed by atoms with Crippen molar-refractivity contribution in [1.82, 2.24) is 0 Å². The molecule has 1 unspecified atom stereocenters. The summed E-state index contributed by atoms with van der Waals surface area (Å²) in [6, 6.07) is 0. The van der Waals surface area contributed by atoms with Crippen LogP contribution < -0.4 is 0 Å². The van der Waals surface area contributed by atoms with Crippen molar-refractivity contribution in [3.8, 4) is 0 Å². The van der Waals surface area contributed by atoms with Crippen LogP contribution in [0.3, 0.4) is 0 Å². The van der Waals surface area contributed by atoms with Crippen LogP contribution in [0.2, 0.25) is 0 Å². The van der Waals surface area contributed by atoms with Gasteiger partial charge < -0.3 is 5.11 Å². The smallest absolute Gasteiger partial charge is 0.0778 e. The van der Waals surface area contributed by atoms with E-state index in [-0.39, 0.29) is 0 Å². The molecule has 1 nitrogen and oxygen atoms in total. The van der Waals surface area contributed by atoms with Crippen LogP contribution in [0.15, 0.2) is 0 Å². The molecule has 0 amide bonds. The van der Waals surface area contributed by atoms with Crippen molar-refractivity contribution in [2.75, 3.05) is 0 Å². The summed E-state index contributed by atoms with van der Waals surface area (Å²) < 4.78 is 0. The molecule has 1 rings (SSSR count). The van der Waals surface area contributed by atoms with E-state index in [1.165, 1.54) is 19.3 Å². The lowest BCUT2D eigenvalue weighted by atomic mass is 9.97. The summed E-state index contributed by atoms with van der Waals surface area (Å²) in [5, 5.41) is 8.93. The van der Waals surface area contributed by atoms with Gasteiger partial charge in [0.2, 0.25) is 0 Å². The minimum Gasteiger partial charge on any atom is -0.386 e. The van der Waals surface area contributed by atoms with Crippen molar-refractivity contribution in [2.45, 2.75) is 37.4 Å². The van der Waals surface area contributed by atoms with Crippen LogP contribution in [0, 0.1) is 0 Å². The van der Waals surface area contributed by atoms with Gasteiger partial charge in [-0.15, -0.1) is 9.24 Å². The molecule has 1 N–H and O–H groups in total. The summed E-state index contributed by atoms with van der Waals surface area (Å²) in [6.45, 7) is 0. The van der Waals surface area contributed by atoms with E-state index in [0.717, 1.165) is 12.8 Å². The Morgan fingerprint density at radius 1 is 1.12 bits per heavy atom. The van der Waals surface area contributed by atoms with Crippen LogP contribution in [0.1, 0.15) is 32.1 Å². The van der Waals surface area contributed by atoms with E-state index in [9.17, 15) is 5.11 Å². The van der Waals surface area contributed by atoms with E-state index >= 15 is 0 Å². The van der Waals surface area contributed by atoms with Crippen LogP contribution in [0.4, 0.5) is 0 Å². The number of aliphatic hydroxyl groups is 1. The Kier molecular flexibility index (Phi) is 1.89. The predicted octanol–water partition coefficient (Wildman–Crippen LogP) is 1.51. The first kappa shape index (κ1) is 6.51. The maximum Gasteiger partial charge on any atom is 0.0778 e. The first-order chi connectivity index (χ1) is 3.71. The Bertz CT molecular complexity index is 72.6. The molecular formula is C6H13OP. The second-order valence-electron chi connectivity index (χ2n) is 2.66. The van der Waals surface area contributed by atoms with Gasteiger partial charge in [0.25, 0.3) is 0 Å². The monoisotopic (exact) mass is 132 g/mol. The highest BCUT2D eigenvalue weighted by molar-refractivity contribution is 7.18. The molecule has 0 aliphatic heterocycles. The van der Waals surface area contributed by atoms with Crippen molar-refractivity contribution in [2.24, 2.45) is 0 Å². The van der Waals surface area contributed by atoms with E-state index in [1.807, 2.05) is 0 Å². The topological polar surface area (TPSA) is 20.2 Å². The highest BCUT2D eigenvalue weighted by Gasteiger charge is 2.22. The van der Waals surface area contributed by atoms with Crippen LogP contribution in [0.5, 0.6) is 0 Å². The third kappa shape index (κ3) is 1.72. The molecule has 1 atom stereocenters. The molecule has 8 heavy (non-hydrogen) atoms. The molecule has 0 heterocycles. The van der Waals surface area contributed by atoms with Gasteiger partial charge in [0.05, 0.1) is 5.34 Å². The minimum atomic E-state index is -0.405. The third-order valence-electron chi connectivity index (χ3n) is 1.72. The lowest BCUT2D eigenvalue weighted by Crippen LogP contribution is -2.22. The van der Waals surface area contributed by atoms with Gasteiger partial charge in [-0.2, -0.15) is 0 Å². The molecule has 2 heteroatoms. The first-order valence-electron chi connectivity index (χ1n) is 3.22. The maximum atomic E-state index is 9.34. The Hall–Kier alpha value is 0.390. The molecule has 1 aliphatic carbocycles. The van der Waals surface area contributed by atoms with E-state index in [0.29, 0.717) is 0 Å². The second-order valence-corrected chi connectivity index (χ2v) is 3.74. The Morgan fingerprint density at radius 3 is 1.88 bits per heavy atom. The Balaban J connectivity index is 2.33. The van der Waals surface area contributed by atoms with Crippen LogP contribution in [-0.2, 0) is 0 Å². The van der Waals surface area contributed by atoms with Crippen molar-refractivity contribution in [3.63, 3.8) is 0 Å². The van der Waals surface area contributed by atoms with Crippen LogP contribution in [0.25, 0.3) is 0 Å². The lowest BCUT2D eigenvalue weighted by molar-refractivity contribution is 0.0935. The van der Waals surface area contributed by atoms with Crippen LogP contribution in [-0.4, -0.2) is 10.4 Å². The average molecular weight is 132 g/mol. The molecule has 48 valence electrons. The molecule has 0 aromatic carbocycles. The zero-order valence-corrected chi connectivity index (χ0v) is 6.21. The molecule has 0 spiro atoms. The summed E-state index contributed by atoms with van der Waals surface area (Å²) in [5.74, 6) is 0. The quantitative estimate of drug-likeness (QED) is 0.495. The predicted molar refractivity (Wildman–Crippen MR) is 37.7 cm³/mol. The summed E-state index contributed by atoms with van der Waals surface area (Å²) >= 11 is 0. The van der Waals surface area contributed by atoms with Crippen molar-refractivity contribution in [3.05, 3.63) is 0 Å². The van der Waals surface area contributed by atoms with E-state index in [2.05, 4.69) is 9.24 Å². The van der Waals surface area contributed by atoms with Crippen molar-refractivity contribution >= 4 is 9.24 Å². The fourth-order valence-corrected chi connectivity index (χ4v) is 1.57.